The van der Waals surface area contributed by atoms with Gasteiger partial charge in [-0.25, -0.2) is 4.79 Å². The van der Waals surface area contributed by atoms with Crippen LogP contribution in [-0.4, -0.2) is 68.6 Å². The second-order valence-corrected chi connectivity index (χ2v) is 6.47. The minimum absolute atomic E-state index is 0.203. The van der Waals surface area contributed by atoms with E-state index in [1.165, 1.54) is 7.11 Å². The van der Waals surface area contributed by atoms with Crippen molar-refractivity contribution in [2.24, 2.45) is 5.16 Å². The van der Waals surface area contributed by atoms with E-state index >= 15 is 0 Å². The molecule has 1 heterocycles. The Balaban J connectivity index is 2.30. The monoisotopic (exact) mass is 357 g/mol. The van der Waals surface area contributed by atoms with Crippen LogP contribution in [-0.2, 0) is 19.2 Å². The molecule has 4 N–H and O–H groups in total. The zero-order chi connectivity index (χ0) is 18.9. The van der Waals surface area contributed by atoms with Crippen LogP contribution in [0, 0.1) is 0 Å². The number of oxime groups is 1. The van der Waals surface area contributed by atoms with E-state index in [-0.39, 0.29) is 25.0 Å². The van der Waals surface area contributed by atoms with Crippen molar-refractivity contribution >= 4 is 23.6 Å². The zero-order valence-corrected chi connectivity index (χ0v) is 15.1. The third-order valence-corrected chi connectivity index (χ3v) is 3.09. The lowest BCUT2D eigenvalue weighted by Crippen LogP contribution is -2.53. The SMILES string of the molecule is CON=C1CCNCC1NC(=O)CNC(=O)CNC(=O)OC(C)(C)C. The van der Waals surface area contributed by atoms with E-state index in [0.717, 1.165) is 12.3 Å². The van der Waals surface area contributed by atoms with Crippen LogP contribution in [0.2, 0.25) is 0 Å². The van der Waals surface area contributed by atoms with Crippen LogP contribution in [0.3, 0.4) is 0 Å². The van der Waals surface area contributed by atoms with Gasteiger partial charge in [-0.1, -0.05) is 5.16 Å². The van der Waals surface area contributed by atoms with Crippen molar-refractivity contribution in [2.75, 3.05) is 33.3 Å². The molecule has 1 fully saturated rings. The molecule has 0 radical (unpaired) electrons. The molecule has 0 aromatic rings. The van der Waals surface area contributed by atoms with Crippen molar-refractivity contribution in [3.63, 3.8) is 0 Å². The standard InChI is InChI=1S/C15H27N5O5/c1-15(2,3)25-14(23)18-8-12(21)17-9-13(22)19-11-7-16-6-5-10(11)20-24-4/h11,16H,5-9H2,1-4H3,(H,17,21)(H,18,23)(H,19,22). The normalized spacial score (nSPS) is 19.0. The highest BCUT2D eigenvalue weighted by molar-refractivity contribution is 5.95. The van der Waals surface area contributed by atoms with Crippen LogP contribution in [0.5, 0.6) is 0 Å². The van der Waals surface area contributed by atoms with Crippen molar-refractivity contribution in [3.8, 4) is 0 Å². The molecule has 10 nitrogen and oxygen atoms in total. The number of amides is 3. The number of carbonyl (C=O) groups is 3. The maximum atomic E-state index is 11.9. The maximum absolute atomic E-state index is 11.9. The Morgan fingerprint density at radius 3 is 2.52 bits per heavy atom. The molecule has 1 aliphatic heterocycles. The van der Waals surface area contributed by atoms with Gasteiger partial charge in [0.25, 0.3) is 0 Å². The third-order valence-electron chi connectivity index (χ3n) is 3.09. The highest BCUT2D eigenvalue weighted by Gasteiger charge is 2.23. The highest BCUT2D eigenvalue weighted by atomic mass is 16.6. The van der Waals surface area contributed by atoms with Crippen LogP contribution in [0.25, 0.3) is 0 Å². The predicted octanol–water partition coefficient (Wildman–Crippen LogP) is -0.892. The summed E-state index contributed by atoms with van der Waals surface area (Å²) in [5.74, 6) is -0.850. The second-order valence-electron chi connectivity index (χ2n) is 6.47. The quantitative estimate of drug-likeness (QED) is 0.456. The lowest BCUT2D eigenvalue weighted by atomic mass is 10.1. The minimum Gasteiger partial charge on any atom is -0.444 e. The molecular weight excluding hydrogens is 330 g/mol. The zero-order valence-electron chi connectivity index (χ0n) is 15.1. The van der Waals surface area contributed by atoms with Gasteiger partial charge in [-0.3, -0.25) is 9.59 Å². The number of rotatable bonds is 6. The van der Waals surface area contributed by atoms with Gasteiger partial charge in [0, 0.05) is 19.5 Å². The van der Waals surface area contributed by atoms with Gasteiger partial charge in [0.1, 0.15) is 19.3 Å². The Morgan fingerprint density at radius 1 is 1.20 bits per heavy atom. The number of ether oxygens (including phenoxy) is 1. The molecule has 25 heavy (non-hydrogen) atoms. The summed E-state index contributed by atoms with van der Waals surface area (Å²) in [6, 6.07) is -0.280. The van der Waals surface area contributed by atoms with Crippen molar-refractivity contribution in [1.82, 2.24) is 21.3 Å². The summed E-state index contributed by atoms with van der Waals surface area (Å²) >= 11 is 0. The van der Waals surface area contributed by atoms with E-state index in [2.05, 4.69) is 26.4 Å². The summed E-state index contributed by atoms with van der Waals surface area (Å²) in [4.78, 5) is 39.8. The summed E-state index contributed by atoms with van der Waals surface area (Å²) in [5, 5.41) is 14.6. The number of hydrogen-bond acceptors (Lipinski definition) is 7. The van der Waals surface area contributed by atoms with Crippen molar-refractivity contribution in [1.29, 1.82) is 0 Å². The fourth-order valence-electron chi connectivity index (χ4n) is 2.07. The van der Waals surface area contributed by atoms with E-state index in [9.17, 15) is 14.4 Å². The second kappa shape index (κ2) is 9.82. The van der Waals surface area contributed by atoms with Crippen LogP contribution < -0.4 is 21.3 Å². The molecule has 1 rings (SSSR count). The number of nitrogens with one attached hydrogen (secondary N) is 4. The molecule has 10 heteroatoms. The smallest absolute Gasteiger partial charge is 0.408 e. The molecule has 0 bridgehead atoms. The van der Waals surface area contributed by atoms with Gasteiger partial charge in [-0.15, -0.1) is 0 Å². The minimum atomic E-state index is -0.694. The predicted molar refractivity (Wildman–Crippen MR) is 91.1 cm³/mol. The molecule has 1 aliphatic rings. The average molecular weight is 357 g/mol. The third kappa shape index (κ3) is 8.89. The summed E-state index contributed by atoms with van der Waals surface area (Å²) in [6.45, 7) is 5.99. The van der Waals surface area contributed by atoms with Crippen LogP contribution in [0.1, 0.15) is 27.2 Å². The van der Waals surface area contributed by atoms with Crippen molar-refractivity contribution in [3.05, 3.63) is 0 Å². The Hall–Kier alpha value is -2.36. The van der Waals surface area contributed by atoms with Crippen LogP contribution in [0.15, 0.2) is 5.16 Å². The van der Waals surface area contributed by atoms with E-state index in [4.69, 9.17) is 9.57 Å². The molecule has 0 aliphatic carbocycles. The molecule has 142 valence electrons. The van der Waals surface area contributed by atoms with Crippen LogP contribution >= 0.6 is 0 Å². The molecule has 3 amide bonds. The first kappa shape index (κ1) is 20.7. The van der Waals surface area contributed by atoms with E-state index in [1.807, 2.05) is 0 Å². The van der Waals surface area contributed by atoms with Crippen molar-refractivity contribution < 1.29 is 24.0 Å². The number of hydrogen-bond donors (Lipinski definition) is 4. The lowest BCUT2D eigenvalue weighted by molar-refractivity contribution is -0.125. The van der Waals surface area contributed by atoms with Gasteiger partial charge in [0.05, 0.1) is 18.3 Å². The summed E-state index contributed by atoms with van der Waals surface area (Å²) < 4.78 is 5.01. The first-order valence-electron chi connectivity index (χ1n) is 8.05. The average Bonchev–Trinajstić information content (AvgIpc) is 2.51. The largest absolute Gasteiger partial charge is 0.444 e. The highest BCUT2D eigenvalue weighted by Crippen LogP contribution is 2.06. The molecule has 0 saturated carbocycles. The van der Waals surface area contributed by atoms with Gasteiger partial charge in [0.15, 0.2) is 0 Å². The van der Waals surface area contributed by atoms with Gasteiger partial charge in [-0.05, 0) is 20.8 Å². The van der Waals surface area contributed by atoms with E-state index < -0.39 is 17.6 Å². The Morgan fingerprint density at radius 2 is 1.88 bits per heavy atom. The van der Waals surface area contributed by atoms with Gasteiger partial charge >= 0.3 is 6.09 Å². The molecule has 0 spiro atoms. The molecule has 1 unspecified atom stereocenters. The van der Waals surface area contributed by atoms with Crippen molar-refractivity contribution in [2.45, 2.75) is 38.8 Å². The van der Waals surface area contributed by atoms with E-state index in [1.54, 1.807) is 20.8 Å². The number of piperidine rings is 1. The molecule has 0 aromatic carbocycles. The maximum Gasteiger partial charge on any atom is 0.408 e. The van der Waals surface area contributed by atoms with Gasteiger partial charge < -0.3 is 30.8 Å². The summed E-state index contributed by atoms with van der Waals surface area (Å²) in [5.41, 5.74) is 0.100. The fourth-order valence-corrected chi connectivity index (χ4v) is 2.07. The first-order valence-corrected chi connectivity index (χ1v) is 8.05. The lowest BCUT2D eigenvalue weighted by Gasteiger charge is -2.25. The molecular formula is C15H27N5O5. The molecule has 1 saturated heterocycles. The number of alkyl carbamates (subject to hydrolysis) is 1. The van der Waals surface area contributed by atoms with Gasteiger partial charge in [-0.2, -0.15) is 0 Å². The Bertz CT molecular complexity index is 515. The Labute approximate surface area is 147 Å². The fraction of sp³-hybridized carbons (Fsp3) is 0.733. The molecule has 1 atom stereocenters. The topological polar surface area (TPSA) is 130 Å². The molecule has 0 aromatic heterocycles. The number of nitrogens with zero attached hydrogens (tertiary/aromatic N) is 1. The Kier molecular flexibility index (Phi) is 8.12. The summed E-state index contributed by atoms with van der Waals surface area (Å²) in [6.07, 6.45) is -0.0221. The van der Waals surface area contributed by atoms with Gasteiger partial charge in [0.2, 0.25) is 11.8 Å². The summed E-state index contributed by atoms with van der Waals surface area (Å²) in [7, 11) is 1.45. The van der Waals surface area contributed by atoms with Crippen LogP contribution in [0.4, 0.5) is 4.79 Å². The van der Waals surface area contributed by atoms with E-state index in [0.29, 0.717) is 13.0 Å². The first-order chi connectivity index (χ1) is 11.7. The number of carbonyl (C=O) groups excluding carboxylic acids is 3.